The Hall–Kier alpha value is -4.82. The highest BCUT2D eigenvalue weighted by atomic mass is 19.4. The summed E-state index contributed by atoms with van der Waals surface area (Å²) in [6.45, 7) is 0.496. The Kier molecular flexibility index (Phi) is 13.3. The number of nitrogens with zero attached hydrogens (tertiary/aromatic N) is 1. The van der Waals surface area contributed by atoms with Gasteiger partial charge in [0.1, 0.15) is 12.6 Å². The van der Waals surface area contributed by atoms with Crippen LogP contribution in [-0.2, 0) is 20.9 Å². The maximum absolute atomic E-state index is 12.2. The Bertz CT molecular complexity index is 1120. The SMILES string of the molecule is NC(=O)[C@H](CCCCNC(=O)c1ccc(N=C(N)N)cc1)NC(=O)OCc1ccccc1.O=C(O)C(F)(F)F. The number of carbonyl (C=O) groups excluding carboxylic acids is 3. The summed E-state index contributed by atoms with van der Waals surface area (Å²) in [7, 11) is 0. The van der Waals surface area contributed by atoms with E-state index in [2.05, 4.69) is 15.6 Å². The first-order valence-corrected chi connectivity index (χ1v) is 11.3. The minimum absolute atomic E-state index is 0.0598. The molecule has 2 rings (SSSR count). The first-order valence-electron chi connectivity index (χ1n) is 11.3. The summed E-state index contributed by atoms with van der Waals surface area (Å²) < 4.78 is 36.8. The molecule has 0 spiro atoms. The van der Waals surface area contributed by atoms with Crippen LogP contribution in [0.3, 0.4) is 0 Å². The van der Waals surface area contributed by atoms with Gasteiger partial charge in [-0.3, -0.25) is 9.59 Å². The van der Waals surface area contributed by atoms with Crippen LogP contribution in [0.15, 0.2) is 59.6 Å². The van der Waals surface area contributed by atoms with Crippen molar-refractivity contribution in [3.63, 3.8) is 0 Å². The molecule has 0 bridgehead atoms. The molecule has 212 valence electrons. The highest BCUT2D eigenvalue weighted by Gasteiger charge is 2.38. The molecule has 3 amide bonds. The lowest BCUT2D eigenvalue weighted by Gasteiger charge is -2.15. The highest BCUT2D eigenvalue weighted by Crippen LogP contribution is 2.13. The zero-order chi connectivity index (χ0) is 29.4. The van der Waals surface area contributed by atoms with E-state index in [1.54, 1.807) is 24.3 Å². The van der Waals surface area contributed by atoms with Gasteiger partial charge in [0.25, 0.3) is 5.91 Å². The third-order valence-corrected chi connectivity index (χ3v) is 4.68. The number of aliphatic imine (C=N–C) groups is 1. The predicted molar refractivity (Wildman–Crippen MR) is 135 cm³/mol. The summed E-state index contributed by atoms with van der Waals surface area (Å²) in [6.07, 6.45) is -4.30. The standard InChI is InChI=1S/C22H28N6O4.C2HF3O2/c23-19(29)18(28-22(31)32-14-15-6-2-1-3-7-15)8-4-5-13-26-20(30)16-9-11-17(12-10-16)27-21(24)25;3-2(4,5)1(6)7/h1-3,6-7,9-12,18H,4-5,8,13-14H2,(H2,23,29)(H,26,30)(H,28,31)(H4,24,25,27);(H,6,7)/t18-;/m0./s1. The lowest BCUT2D eigenvalue weighted by atomic mass is 10.1. The van der Waals surface area contributed by atoms with E-state index in [-0.39, 0.29) is 18.5 Å². The van der Waals surface area contributed by atoms with Gasteiger partial charge in [0.15, 0.2) is 5.96 Å². The van der Waals surface area contributed by atoms with Crippen LogP contribution in [0, 0.1) is 0 Å². The second kappa shape index (κ2) is 16.1. The van der Waals surface area contributed by atoms with Crippen LogP contribution < -0.4 is 27.8 Å². The van der Waals surface area contributed by atoms with E-state index in [0.29, 0.717) is 37.1 Å². The summed E-state index contributed by atoms with van der Waals surface area (Å²) >= 11 is 0. The Balaban J connectivity index is 0.000000956. The minimum Gasteiger partial charge on any atom is -0.475 e. The third-order valence-electron chi connectivity index (χ3n) is 4.68. The van der Waals surface area contributed by atoms with Gasteiger partial charge < -0.3 is 37.7 Å². The van der Waals surface area contributed by atoms with Gasteiger partial charge in [-0.1, -0.05) is 30.3 Å². The first kappa shape index (κ1) is 32.2. The number of carboxylic acid groups (broad SMARTS) is 1. The average molecular weight is 555 g/mol. The molecular weight excluding hydrogens is 525 g/mol. The topological polar surface area (TPSA) is 212 Å². The number of unbranched alkanes of at least 4 members (excludes halogenated alkanes) is 1. The molecule has 0 heterocycles. The zero-order valence-corrected chi connectivity index (χ0v) is 20.6. The smallest absolute Gasteiger partial charge is 0.475 e. The van der Waals surface area contributed by atoms with Gasteiger partial charge in [0.05, 0.1) is 5.69 Å². The highest BCUT2D eigenvalue weighted by molar-refractivity contribution is 5.94. The van der Waals surface area contributed by atoms with E-state index >= 15 is 0 Å². The summed E-state index contributed by atoms with van der Waals surface area (Å²) in [6, 6.07) is 14.8. The molecular formula is C24H29F3N6O6. The van der Waals surface area contributed by atoms with Crippen LogP contribution >= 0.6 is 0 Å². The summed E-state index contributed by atoms with van der Waals surface area (Å²) in [5.41, 5.74) is 17.8. The molecule has 0 aliphatic rings. The van der Waals surface area contributed by atoms with Gasteiger partial charge in [0.2, 0.25) is 5.91 Å². The largest absolute Gasteiger partial charge is 0.490 e. The second-order valence-corrected chi connectivity index (χ2v) is 7.80. The van der Waals surface area contributed by atoms with Crippen molar-refractivity contribution in [2.45, 2.75) is 38.1 Å². The Morgan fingerprint density at radius 3 is 2.05 bits per heavy atom. The van der Waals surface area contributed by atoms with Gasteiger partial charge in [-0.15, -0.1) is 0 Å². The fourth-order valence-electron chi connectivity index (χ4n) is 2.81. The van der Waals surface area contributed by atoms with Gasteiger partial charge >= 0.3 is 18.2 Å². The van der Waals surface area contributed by atoms with Crippen molar-refractivity contribution in [3.05, 3.63) is 65.7 Å². The number of nitrogens with one attached hydrogen (secondary N) is 2. The molecule has 0 aliphatic carbocycles. The van der Waals surface area contributed by atoms with Gasteiger partial charge in [-0.2, -0.15) is 13.2 Å². The summed E-state index contributed by atoms with van der Waals surface area (Å²) in [4.78, 5) is 48.5. The van der Waals surface area contributed by atoms with Gasteiger partial charge in [0, 0.05) is 12.1 Å². The minimum atomic E-state index is -5.08. The van der Waals surface area contributed by atoms with Crippen molar-refractivity contribution < 1.29 is 42.2 Å². The molecule has 0 radical (unpaired) electrons. The number of alkyl carbamates (subject to hydrolysis) is 1. The number of nitrogens with two attached hydrogens (primary N) is 3. The van der Waals surface area contributed by atoms with Crippen molar-refractivity contribution in [1.29, 1.82) is 0 Å². The first-order chi connectivity index (χ1) is 18.3. The van der Waals surface area contributed by atoms with Crippen molar-refractivity contribution in [2.24, 2.45) is 22.2 Å². The number of carboxylic acids is 1. The van der Waals surface area contributed by atoms with E-state index in [9.17, 15) is 27.6 Å². The quantitative estimate of drug-likeness (QED) is 0.137. The van der Waals surface area contributed by atoms with Crippen molar-refractivity contribution in [2.75, 3.05) is 6.54 Å². The number of hydrogen-bond donors (Lipinski definition) is 6. The molecule has 15 heteroatoms. The molecule has 39 heavy (non-hydrogen) atoms. The number of primary amides is 1. The molecule has 2 aromatic rings. The molecule has 9 N–H and O–H groups in total. The maximum Gasteiger partial charge on any atom is 0.490 e. The number of carbonyl (C=O) groups is 4. The van der Waals surface area contributed by atoms with Gasteiger partial charge in [-0.25, -0.2) is 14.6 Å². The van der Waals surface area contributed by atoms with Crippen LogP contribution in [0.5, 0.6) is 0 Å². The van der Waals surface area contributed by atoms with E-state index in [1.807, 2.05) is 30.3 Å². The molecule has 0 aromatic heterocycles. The van der Waals surface area contributed by atoms with E-state index in [4.69, 9.17) is 31.8 Å². The van der Waals surface area contributed by atoms with E-state index in [1.165, 1.54) is 0 Å². The zero-order valence-electron chi connectivity index (χ0n) is 20.6. The van der Waals surface area contributed by atoms with Crippen LogP contribution in [0.4, 0.5) is 23.7 Å². The summed E-state index contributed by atoms with van der Waals surface area (Å²) in [5, 5.41) is 12.4. The Morgan fingerprint density at radius 1 is 0.949 bits per heavy atom. The lowest BCUT2D eigenvalue weighted by molar-refractivity contribution is -0.192. The number of halogens is 3. The molecule has 0 aliphatic heterocycles. The predicted octanol–water partition coefficient (Wildman–Crippen LogP) is 1.91. The Morgan fingerprint density at radius 2 is 1.54 bits per heavy atom. The van der Waals surface area contributed by atoms with Crippen molar-refractivity contribution in [3.8, 4) is 0 Å². The molecule has 12 nitrogen and oxygen atoms in total. The van der Waals surface area contributed by atoms with Crippen LogP contribution in [0.1, 0.15) is 35.2 Å². The number of aliphatic carboxylic acids is 1. The van der Waals surface area contributed by atoms with E-state index in [0.717, 1.165) is 5.56 Å². The van der Waals surface area contributed by atoms with Crippen LogP contribution in [0.2, 0.25) is 0 Å². The molecule has 1 atom stereocenters. The molecule has 2 aromatic carbocycles. The Labute approximate surface area is 221 Å². The number of hydrogen-bond acceptors (Lipinski definition) is 6. The normalized spacial score (nSPS) is 11.2. The van der Waals surface area contributed by atoms with Crippen molar-refractivity contribution >= 4 is 35.5 Å². The fraction of sp³-hybridized carbons (Fsp3) is 0.292. The van der Waals surface area contributed by atoms with Gasteiger partial charge in [-0.05, 0) is 49.1 Å². The fourth-order valence-corrected chi connectivity index (χ4v) is 2.81. The maximum atomic E-state index is 12.2. The molecule has 0 saturated heterocycles. The average Bonchev–Trinajstić information content (AvgIpc) is 2.87. The number of alkyl halides is 3. The monoisotopic (exact) mass is 554 g/mol. The van der Waals surface area contributed by atoms with Crippen LogP contribution in [0.25, 0.3) is 0 Å². The summed E-state index contributed by atoms with van der Waals surface area (Å²) in [5.74, 6) is -3.70. The second-order valence-electron chi connectivity index (χ2n) is 7.80. The number of ether oxygens (including phenoxy) is 1. The number of rotatable bonds is 11. The molecule has 0 fully saturated rings. The van der Waals surface area contributed by atoms with Crippen LogP contribution in [-0.4, -0.2) is 53.7 Å². The lowest BCUT2D eigenvalue weighted by Crippen LogP contribution is -2.44. The number of benzene rings is 2. The number of amides is 3. The van der Waals surface area contributed by atoms with E-state index < -0.39 is 30.2 Å². The number of guanidine groups is 1. The molecule has 0 unspecified atom stereocenters. The van der Waals surface area contributed by atoms with Crippen molar-refractivity contribution in [1.82, 2.24) is 10.6 Å². The molecule has 0 saturated carbocycles. The third kappa shape index (κ3) is 13.9.